The van der Waals surface area contributed by atoms with Crippen molar-refractivity contribution in [2.24, 2.45) is 0 Å². The van der Waals surface area contributed by atoms with Gasteiger partial charge in [-0.15, -0.1) is 0 Å². The van der Waals surface area contributed by atoms with Gasteiger partial charge in [-0.3, -0.25) is 19.8 Å². The van der Waals surface area contributed by atoms with Crippen molar-refractivity contribution < 1.29 is 14.8 Å². The molecule has 1 unspecified atom stereocenters. The van der Waals surface area contributed by atoms with Crippen molar-refractivity contribution in [1.29, 1.82) is 0 Å². The summed E-state index contributed by atoms with van der Waals surface area (Å²) in [5.74, 6) is -0.957. The van der Waals surface area contributed by atoms with Crippen molar-refractivity contribution >= 4 is 23.3 Å². The van der Waals surface area contributed by atoms with E-state index in [4.69, 9.17) is 16.7 Å². The van der Waals surface area contributed by atoms with E-state index in [0.29, 0.717) is 5.56 Å². The van der Waals surface area contributed by atoms with E-state index in [2.05, 4.69) is 0 Å². The summed E-state index contributed by atoms with van der Waals surface area (Å²) in [6.45, 7) is 3.88. The molecule has 0 aliphatic heterocycles. The SMILES string of the molecule is CCC(C)N(CC(=O)O)Cc1ccc(Cl)cc1[N+](=O)[O-]. The summed E-state index contributed by atoms with van der Waals surface area (Å²) >= 11 is 5.76. The van der Waals surface area contributed by atoms with Crippen molar-refractivity contribution in [1.82, 2.24) is 4.90 Å². The number of carboxylic acids is 1. The van der Waals surface area contributed by atoms with Crippen LogP contribution in [-0.4, -0.2) is 33.5 Å². The average Bonchev–Trinajstić information content (AvgIpc) is 2.38. The molecule has 0 saturated heterocycles. The van der Waals surface area contributed by atoms with Crippen molar-refractivity contribution in [2.75, 3.05) is 6.54 Å². The lowest BCUT2D eigenvalue weighted by Gasteiger charge is -2.26. The minimum Gasteiger partial charge on any atom is -0.480 e. The molecule has 0 bridgehead atoms. The second-order valence-corrected chi connectivity index (χ2v) is 5.02. The Kier molecular flexibility index (Phi) is 5.91. The topological polar surface area (TPSA) is 83.7 Å². The average molecular weight is 301 g/mol. The lowest BCUT2D eigenvalue weighted by Crippen LogP contribution is -2.36. The van der Waals surface area contributed by atoms with Gasteiger partial charge >= 0.3 is 5.97 Å². The predicted octanol–water partition coefficient (Wildman–Crippen LogP) is 2.93. The lowest BCUT2D eigenvalue weighted by atomic mass is 10.1. The maximum atomic E-state index is 11.0. The molecule has 110 valence electrons. The van der Waals surface area contributed by atoms with E-state index in [0.717, 1.165) is 6.42 Å². The largest absolute Gasteiger partial charge is 0.480 e. The van der Waals surface area contributed by atoms with Gasteiger partial charge < -0.3 is 5.11 Å². The van der Waals surface area contributed by atoms with Gasteiger partial charge in [0.05, 0.1) is 11.5 Å². The first kappa shape index (κ1) is 16.4. The molecule has 20 heavy (non-hydrogen) atoms. The number of carbonyl (C=O) groups is 1. The first-order valence-corrected chi connectivity index (χ1v) is 6.61. The van der Waals surface area contributed by atoms with Crippen molar-refractivity contribution in [3.8, 4) is 0 Å². The summed E-state index contributed by atoms with van der Waals surface area (Å²) in [6, 6.07) is 4.44. The van der Waals surface area contributed by atoms with Crippen LogP contribution >= 0.6 is 11.6 Å². The zero-order chi connectivity index (χ0) is 15.3. The summed E-state index contributed by atoms with van der Waals surface area (Å²) in [6.07, 6.45) is 0.759. The summed E-state index contributed by atoms with van der Waals surface area (Å²) in [4.78, 5) is 23.1. The number of nitrogens with zero attached hydrogens (tertiary/aromatic N) is 2. The molecule has 0 saturated carbocycles. The fraction of sp³-hybridized carbons (Fsp3) is 0.462. The molecule has 1 atom stereocenters. The molecular formula is C13H17ClN2O4. The van der Waals surface area contributed by atoms with Crippen LogP contribution in [0.5, 0.6) is 0 Å². The number of nitro benzene ring substituents is 1. The van der Waals surface area contributed by atoms with Crippen LogP contribution in [0.25, 0.3) is 0 Å². The van der Waals surface area contributed by atoms with Gasteiger partial charge in [-0.25, -0.2) is 0 Å². The van der Waals surface area contributed by atoms with Crippen LogP contribution in [0.2, 0.25) is 5.02 Å². The molecule has 1 aromatic carbocycles. The van der Waals surface area contributed by atoms with Crippen LogP contribution in [0.4, 0.5) is 5.69 Å². The van der Waals surface area contributed by atoms with Gasteiger partial charge in [0.2, 0.25) is 0 Å². The zero-order valence-corrected chi connectivity index (χ0v) is 12.1. The van der Waals surface area contributed by atoms with Gasteiger partial charge in [0.1, 0.15) is 0 Å². The fourth-order valence-corrected chi connectivity index (χ4v) is 2.03. The van der Waals surface area contributed by atoms with Crippen molar-refractivity contribution in [3.05, 3.63) is 38.9 Å². The van der Waals surface area contributed by atoms with Gasteiger partial charge in [0.15, 0.2) is 0 Å². The second kappa shape index (κ2) is 7.21. The summed E-state index contributed by atoms with van der Waals surface area (Å²) in [5, 5.41) is 20.2. The van der Waals surface area contributed by atoms with Crippen LogP contribution in [0.15, 0.2) is 18.2 Å². The van der Waals surface area contributed by atoms with Crippen molar-refractivity contribution in [3.63, 3.8) is 0 Å². The highest BCUT2D eigenvalue weighted by Crippen LogP contribution is 2.25. The van der Waals surface area contributed by atoms with E-state index in [-0.39, 0.29) is 29.8 Å². The van der Waals surface area contributed by atoms with E-state index < -0.39 is 10.9 Å². The van der Waals surface area contributed by atoms with Crippen LogP contribution in [0.3, 0.4) is 0 Å². The fourth-order valence-electron chi connectivity index (χ4n) is 1.86. The molecule has 0 aliphatic carbocycles. The highest BCUT2D eigenvalue weighted by atomic mass is 35.5. The summed E-state index contributed by atoms with van der Waals surface area (Å²) in [5.41, 5.74) is 0.372. The molecule has 0 amide bonds. The highest BCUT2D eigenvalue weighted by Gasteiger charge is 2.21. The van der Waals surface area contributed by atoms with Gasteiger partial charge in [0.25, 0.3) is 5.69 Å². The Bertz CT molecular complexity index is 507. The standard InChI is InChI=1S/C13H17ClN2O4/c1-3-9(2)15(8-13(17)18)7-10-4-5-11(14)6-12(10)16(19)20/h4-6,9H,3,7-8H2,1-2H3,(H,17,18). The molecule has 0 fully saturated rings. The molecule has 0 aromatic heterocycles. The molecule has 0 spiro atoms. The quantitative estimate of drug-likeness (QED) is 0.618. The van der Waals surface area contributed by atoms with E-state index >= 15 is 0 Å². The highest BCUT2D eigenvalue weighted by molar-refractivity contribution is 6.30. The monoisotopic (exact) mass is 300 g/mol. The van der Waals surface area contributed by atoms with Gasteiger partial charge in [-0.05, 0) is 25.5 Å². The Morgan fingerprint density at radius 1 is 1.55 bits per heavy atom. The molecule has 1 aromatic rings. The first-order chi connectivity index (χ1) is 9.35. The smallest absolute Gasteiger partial charge is 0.317 e. The third-order valence-corrected chi connectivity index (χ3v) is 3.41. The van der Waals surface area contributed by atoms with Crippen LogP contribution in [-0.2, 0) is 11.3 Å². The third kappa shape index (κ3) is 4.47. The molecule has 1 rings (SSSR count). The Labute approximate surface area is 122 Å². The van der Waals surface area contributed by atoms with Gasteiger partial charge in [-0.1, -0.05) is 18.5 Å². The minimum absolute atomic E-state index is 0.0152. The van der Waals surface area contributed by atoms with E-state index in [1.165, 1.54) is 6.07 Å². The molecule has 0 aliphatic rings. The number of rotatable bonds is 7. The van der Waals surface area contributed by atoms with E-state index in [1.54, 1.807) is 17.0 Å². The number of hydrogen-bond donors (Lipinski definition) is 1. The van der Waals surface area contributed by atoms with Gasteiger partial charge in [-0.2, -0.15) is 0 Å². The summed E-state index contributed by atoms with van der Waals surface area (Å²) in [7, 11) is 0. The molecular weight excluding hydrogens is 284 g/mol. The Hall–Kier alpha value is -1.66. The zero-order valence-electron chi connectivity index (χ0n) is 11.4. The summed E-state index contributed by atoms with van der Waals surface area (Å²) < 4.78 is 0. The predicted molar refractivity (Wildman–Crippen MR) is 75.9 cm³/mol. The number of nitro groups is 1. The Morgan fingerprint density at radius 3 is 2.70 bits per heavy atom. The third-order valence-electron chi connectivity index (χ3n) is 3.17. The second-order valence-electron chi connectivity index (χ2n) is 4.59. The molecule has 0 heterocycles. The maximum Gasteiger partial charge on any atom is 0.317 e. The molecule has 6 nitrogen and oxygen atoms in total. The molecule has 7 heteroatoms. The lowest BCUT2D eigenvalue weighted by molar-refractivity contribution is -0.385. The van der Waals surface area contributed by atoms with E-state index in [9.17, 15) is 14.9 Å². The first-order valence-electron chi connectivity index (χ1n) is 6.23. The normalized spacial score (nSPS) is 12.4. The Balaban J connectivity index is 3.04. The minimum atomic E-state index is -0.957. The van der Waals surface area contributed by atoms with Crippen LogP contribution in [0, 0.1) is 10.1 Å². The number of carboxylic acid groups (broad SMARTS) is 1. The van der Waals surface area contributed by atoms with Crippen LogP contribution < -0.4 is 0 Å². The van der Waals surface area contributed by atoms with Crippen LogP contribution in [0.1, 0.15) is 25.8 Å². The number of hydrogen-bond acceptors (Lipinski definition) is 4. The number of halogens is 1. The van der Waals surface area contributed by atoms with E-state index in [1.807, 2.05) is 13.8 Å². The van der Waals surface area contributed by atoms with Crippen molar-refractivity contribution in [2.45, 2.75) is 32.9 Å². The number of aliphatic carboxylic acids is 1. The number of benzene rings is 1. The Morgan fingerprint density at radius 2 is 2.20 bits per heavy atom. The van der Waals surface area contributed by atoms with Gasteiger partial charge in [0, 0.05) is 29.2 Å². The maximum absolute atomic E-state index is 11.0. The molecule has 0 radical (unpaired) electrons. The molecule has 1 N–H and O–H groups in total.